The van der Waals surface area contributed by atoms with Gasteiger partial charge in [-0.15, -0.1) is 0 Å². The largest absolute Gasteiger partial charge is 0.496 e. The van der Waals surface area contributed by atoms with Crippen molar-refractivity contribution in [2.24, 2.45) is 0 Å². The van der Waals surface area contributed by atoms with E-state index in [0.29, 0.717) is 5.75 Å². The highest BCUT2D eigenvalue weighted by molar-refractivity contribution is 7.90. The van der Waals surface area contributed by atoms with Crippen molar-refractivity contribution < 1.29 is 13.2 Å². The third-order valence-corrected chi connectivity index (χ3v) is 5.33. The van der Waals surface area contributed by atoms with Gasteiger partial charge in [-0.05, 0) is 31.2 Å². The standard InChI is InChI=1S/C18H17NO3S/c1-14-7-9-16(10-8-14)23(20,21)19-12-11-15(13-19)17-5-3-4-6-18(17)22-2/h3-13H,1-2H3. The maximum atomic E-state index is 12.7. The van der Waals surface area contributed by atoms with Crippen LogP contribution < -0.4 is 4.74 Å². The molecule has 0 saturated heterocycles. The van der Waals surface area contributed by atoms with Gasteiger partial charge in [0, 0.05) is 23.5 Å². The monoisotopic (exact) mass is 327 g/mol. The molecule has 3 aromatic rings. The zero-order chi connectivity index (χ0) is 16.4. The van der Waals surface area contributed by atoms with Crippen molar-refractivity contribution in [3.63, 3.8) is 0 Å². The molecule has 1 aromatic heterocycles. The van der Waals surface area contributed by atoms with E-state index in [-0.39, 0.29) is 4.90 Å². The number of benzene rings is 2. The maximum Gasteiger partial charge on any atom is 0.267 e. The van der Waals surface area contributed by atoms with E-state index in [0.717, 1.165) is 16.7 Å². The Morgan fingerprint density at radius 3 is 2.35 bits per heavy atom. The molecule has 4 nitrogen and oxygen atoms in total. The van der Waals surface area contributed by atoms with E-state index in [4.69, 9.17) is 4.74 Å². The molecule has 0 radical (unpaired) electrons. The first-order valence-electron chi connectivity index (χ1n) is 7.16. The highest BCUT2D eigenvalue weighted by atomic mass is 32.2. The van der Waals surface area contributed by atoms with Crippen LogP contribution in [-0.2, 0) is 10.0 Å². The summed E-state index contributed by atoms with van der Waals surface area (Å²) in [5, 5.41) is 0. The molecule has 0 spiro atoms. The van der Waals surface area contributed by atoms with Crippen molar-refractivity contribution in [2.45, 2.75) is 11.8 Å². The van der Waals surface area contributed by atoms with Gasteiger partial charge in [-0.3, -0.25) is 0 Å². The van der Waals surface area contributed by atoms with Crippen LogP contribution in [-0.4, -0.2) is 19.5 Å². The predicted molar refractivity (Wildman–Crippen MR) is 90.2 cm³/mol. The van der Waals surface area contributed by atoms with E-state index >= 15 is 0 Å². The molecule has 0 unspecified atom stereocenters. The van der Waals surface area contributed by atoms with E-state index in [1.807, 2.05) is 31.2 Å². The van der Waals surface area contributed by atoms with Gasteiger partial charge in [0.15, 0.2) is 0 Å². The Morgan fingerprint density at radius 1 is 0.957 bits per heavy atom. The summed E-state index contributed by atoms with van der Waals surface area (Å²) in [4.78, 5) is 0.269. The third kappa shape index (κ3) is 2.87. The number of hydrogen-bond acceptors (Lipinski definition) is 3. The topological polar surface area (TPSA) is 48.3 Å². The van der Waals surface area contributed by atoms with Gasteiger partial charge in [0.1, 0.15) is 5.75 Å². The molecule has 118 valence electrons. The van der Waals surface area contributed by atoms with Crippen LogP contribution >= 0.6 is 0 Å². The number of methoxy groups -OCH3 is 1. The van der Waals surface area contributed by atoms with Crippen LogP contribution in [0.25, 0.3) is 11.1 Å². The summed E-state index contributed by atoms with van der Waals surface area (Å²) in [7, 11) is -1.99. The van der Waals surface area contributed by atoms with Crippen molar-refractivity contribution in [3.8, 4) is 16.9 Å². The van der Waals surface area contributed by atoms with Gasteiger partial charge in [0.05, 0.1) is 12.0 Å². The van der Waals surface area contributed by atoms with Crippen molar-refractivity contribution in [1.29, 1.82) is 0 Å². The molecule has 0 N–H and O–H groups in total. The molecule has 2 aromatic carbocycles. The second-order valence-corrected chi connectivity index (χ2v) is 7.09. The predicted octanol–water partition coefficient (Wildman–Crippen LogP) is 3.71. The molecule has 3 rings (SSSR count). The lowest BCUT2D eigenvalue weighted by Gasteiger charge is -2.07. The molecule has 0 atom stereocenters. The lowest BCUT2D eigenvalue weighted by molar-refractivity contribution is 0.416. The van der Waals surface area contributed by atoms with Crippen molar-refractivity contribution in [1.82, 2.24) is 3.97 Å². The molecule has 0 aliphatic carbocycles. The van der Waals surface area contributed by atoms with E-state index < -0.39 is 10.0 Å². The number of aromatic nitrogens is 1. The lowest BCUT2D eigenvalue weighted by atomic mass is 10.1. The number of nitrogens with zero attached hydrogens (tertiary/aromatic N) is 1. The molecule has 0 saturated carbocycles. The summed E-state index contributed by atoms with van der Waals surface area (Å²) >= 11 is 0. The maximum absolute atomic E-state index is 12.7. The molecule has 0 aliphatic heterocycles. The Labute approximate surface area is 136 Å². The van der Waals surface area contributed by atoms with E-state index in [1.165, 1.54) is 3.97 Å². The fourth-order valence-electron chi connectivity index (χ4n) is 2.40. The first-order chi connectivity index (χ1) is 11.0. The minimum absolute atomic E-state index is 0.269. The number of ether oxygens (including phenoxy) is 1. The Hall–Kier alpha value is -2.53. The number of rotatable bonds is 4. The third-order valence-electron chi connectivity index (χ3n) is 3.68. The van der Waals surface area contributed by atoms with Gasteiger partial charge in [0.2, 0.25) is 0 Å². The van der Waals surface area contributed by atoms with E-state index in [1.54, 1.807) is 49.8 Å². The van der Waals surface area contributed by atoms with Crippen LogP contribution in [0.15, 0.2) is 71.9 Å². The lowest BCUT2D eigenvalue weighted by Crippen LogP contribution is -2.10. The molecule has 1 heterocycles. The summed E-state index contributed by atoms with van der Waals surface area (Å²) in [5.74, 6) is 0.706. The number of para-hydroxylation sites is 1. The molecule has 0 bridgehead atoms. The summed E-state index contributed by atoms with van der Waals surface area (Å²) in [5.41, 5.74) is 2.66. The average molecular weight is 327 g/mol. The Balaban J connectivity index is 2.03. The Bertz CT molecular complexity index is 925. The van der Waals surface area contributed by atoms with Crippen LogP contribution in [0.1, 0.15) is 5.56 Å². The quantitative estimate of drug-likeness (QED) is 0.734. The SMILES string of the molecule is COc1ccccc1-c1ccn(S(=O)(=O)c2ccc(C)cc2)c1. The first-order valence-corrected chi connectivity index (χ1v) is 8.60. The zero-order valence-corrected chi connectivity index (χ0v) is 13.7. The van der Waals surface area contributed by atoms with Crippen LogP contribution in [0.4, 0.5) is 0 Å². The van der Waals surface area contributed by atoms with Gasteiger partial charge in [-0.1, -0.05) is 35.9 Å². The highest BCUT2D eigenvalue weighted by Crippen LogP contribution is 2.30. The average Bonchev–Trinajstić information content (AvgIpc) is 3.06. The van der Waals surface area contributed by atoms with Crippen molar-refractivity contribution in [2.75, 3.05) is 7.11 Å². The number of hydrogen-bond donors (Lipinski definition) is 0. The van der Waals surface area contributed by atoms with Crippen LogP contribution in [0.2, 0.25) is 0 Å². The zero-order valence-electron chi connectivity index (χ0n) is 12.9. The second-order valence-electron chi connectivity index (χ2n) is 5.25. The van der Waals surface area contributed by atoms with Gasteiger partial charge in [-0.2, -0.15) is 0 Å². The molecular formula is C18H17NO3S. The smallest absolute Gasteiger partial charge is 0.267 e. The second kappa shape index (κ2) is 5.93. The summed E-state index contributed by atoms with van der Waals surface area (Å²) < 4.78 is 31.9. The molecule has 0 amide bonds. The van der Waals surface area contributed by atoms with Gasteiger partial charge in [-0.25, -0.2) is 12.4 Å². The summed E-state index contributed by atoms with van der Waals surface area (Å²) in [6.07, 6.45) is 3.16. The van der Waals surface area contributed by atoms with Gasteiger partial charge < -0.3 is 4.74 Å². The number of aryl methyl sites for hydroxylation is 1. The van der Waals surface area contributed by atoms with Crippen LogP contribution in [0, 0.1) is 6.92 Å². The molecule has 5 heteroatoms. The van der Waals surface area contributed by atoms with E-state index in [2.05, 4.69) is 0 Å². The summed E-state index contributed by atoms with van der Waals surface area (Å²) in [6.45, 7) is 1.92. The van der Waals surface area contributed by atoms with Crippen molar-refractivity contribution >= 4 is 10.0 Å². The molecule has 0 aliphatic rings. The highest BCUT2D eigenvalue weighted by Gasteiger charge is 2.17. The fourth-order valence-corrected chi connectivity index (χ4v) is 3.60. The molecule has 23 heavy (non-hydrogen) atoms. The van der Waals surface area contributed by atoms with Gasteiger partial charge >= 0.3 is 0 Å². The van der Waals surface area contributed by atoms with E-state index in [9.17, 15) is 8.42 Å². The Kier molecular flexibility index (Phi) is 3.96. The minimum atomic E-state index is -3.59. The normalized spacial score (nSPS) is 11.4. The molecular weight excluding hydrogens is 310 g/mol. The summed E-state index contributed by atoms with van der Waals surface area (Å²) in [6, 6.07) is 16.1. The van der Waals surface area contributed by atoms with Crippen LogP contribution in [0.3, 0.4) is 0 Å². The first kappa shape index (κ1) is 15.4. The van der Waals surface area contributed by atoms with Crippen molar-refractivity contribution in [3.05, 3.63) is 72.6 Å². The van der Waals surface area contributed by atoms with Gasteiger partial charge in [0.25, 0.3) is 10.0 Å². The fraction of sp³-hybridized carbons (Fsp3) is 0.111. The molecule has 0 fully saturated rings. The Morgan fingerprint density at radius 2 is 1.65 bits per heavy atom. The van der Waals surface area contributed by atoms with Crippen LogP contribution in [0.5, 0.6) is 5.75 Å². The minimum Gasteiger partial charge on any atom is -0.496 e.